The highest BCUT2D eigenvalue weighted by molar-refractivity contribution is 5.98. The molecule has 4 saturated heterocycles. The summed E-state index contributed by atoms with van der Waals surface area (Å²) in [5.41, 5.74) is 5.56. The number of hydrogen-bond donors (Lipinski definition) is 3. The molecule has 0 spiro atoms. The number of nitrogens with zero attached hydrogens (tertiary/aromatic N) is 4. The van der Waals surface area contributed by atoms with Crippen LogP contribution in [0.25, 0.3) is 0 Å². The van der Waals surface area contributed by atoms with Crippen LogP contribution in [0.4, 0.5) is 0 Å². The number of hydrogen-bond acceptors (Lipinski definition) is 7. The molecular weight excluding hydrogens is 606 g/mol. The van der Waals surface area contributed by atoms with Crippen molar-refractivity contribution in [3.05, 3.63) is 0 Å². The minimum Gasteiger partial charge on any atom is -0.368 e. The number of carbonyl (C=O) groups is 7. The summed E-state index contributed by atoms with van der Waals surface area (Å²) in [6.07, 6.45) is 5.00. The minimum absolute atomic E-state index is 0.162. The molecule has 4 N–H and O–H groups in total. The van der Waals surface area contributed by atoms with Crippen molar-refractivity contribution in [1.29, 1.82) is 0 Å². The van der Waals surface area contributed by atoms with Gasteiger partial charge in [0.2, 0.25) is 41.4 Å². The van der Waals surface area contributed by atoms with Crippen LogP contribution in [0.1, 0.15) is 92.4 Å². The maximum atomic E-state index is 14.1. The van der Waals surface area contributed by atoms with Crippen molar-refractivity contribution in [2.24, 2.45) is 17.6 Å². The molecule has 4 fully saturated rings. The summed E-state index contributed by atoms with van der Waals surface area (Å²) in [5, 5.41) is 5.48. The number of nitrogens with two attached hydrogens (primary N) is 1. The van der Waals surface area contributed by atoms with Crippen LogP contribution in [0.5, 0.6) is 0 Å². The molecule has 0 bridgehead atoms. The zero-order chi connectivity index (χ0) is 34.6. The Morgan fingerprint density at radius 2 is 1.04 bits per heavy atom. The molecule has 14 nitrogen and oxygen atoms in total. The van der Waals surface area contributed by atoms with Gasteiger partial charge in [0.25, 0.3) is 0 Å². The fourth-order valence-corrected chi connectivity index (χ4v) is 7.63. The first-order chi connectivity index (χ1) is 22.3. The van der Waals surface area contributed by atoms with E-state index < -0.39 is 48.1 Å². The molecule has 0 unspecified atom stereocenters. The molecule has 0 aliphatic carbocycles. The number of rotatable bonds is 11. The number of primary amides is 1. The summed E-state index contributed by atoms with van der Waals surface area (Å²) in [4.78, 5) is 98.9. The van der Waals surface area contributed by atoms with E-state index in [1.165, 1.54) is 11.8 Å². The molecule has 4 aliphatic rings. The van der Waals surface area contributed by atoms with Gasteiger partial charge in [-0.25, -0.2) is 0 Å². The van der Waals surface area contributed by atoms with E-state index in [0.717, 1.165) is 0 Å². The first-order valence-electron chi connectivity index (χ1n) is 17.4. The third-order valence-corrected chi connectivity index (χ3v) is 10.4. The lowest BCUT2D eigenvalue weighted by atomic mass is 9.98. The molecule has 0 aromatic rings. The Balaban J connectivity index is 1.45. The first-order valence-corrected chi connectivity index (χ1v) is 17.4. The molecule has 0 saturated carbocycles. The largest absolute Gasteiger partial charge is 0.368 e. The Kier molecular flexibility index (Phi) is 11.9. The monoisotopic (exact) mass is 659 g/mol. The van der Waals surface area contributed by atoms with Crippen molar-refractivity contribution in [1.82, 2.24) is 30.2 Å². The average Bonchev–Trinajstić information content (AvgIpc) is 3.85. The normalized spacial score (nSPS) is 26.3. The van der Waals surface area contributed by atoms with E-state index in [1.807, 2.05) is 27.7 Å². The zero-order valence-electron chi connectivity index (χ0n) is 28.5. The van der Waals surface area contributed by atoms with Crippen LogP contribution in [0.2, 0.25) is 0 Å². The van der Waals surface area contributed by atoms with Crippen molar-refractivity contribution in [2.75, 3.05) is 26.2 Å². The highest BCUT2D eigenvalue weighted by Gasteiger charge is 2.48. The predicted octanol–water partition coefficient (Wildman–Crippen LogP) is 0.127. The maximum absolute atomic E-state index is 14.1. The summed E-state index contributed by atoms with van der Waals surface area (Å²) in [6.45, 7) is 10.3. The lowest BCUT2D eigenvalue weighted by Crippen LogP contribution is -2.59. The lowest BCUT2D eigenvalue weighted by molar-refractivity contribution is -0.153. The number of amides is 7. The topological polar surface area (TPSA) is 183 Å². The van der Waals surface area contributed by atoms with Gasteiger partial charge < -0.3 is 36.0 Å². The second kappa shape index (κ2) is 15.5. The quantitative estimate of drug-likeness (QED) is 0.282. The summed E-state index contributed by atoms with van der Waals surface area (Å²) >= 11 is 0. The van der Waals surface area contributed by atoms with Crippen molar-refractivity contribution in [3.8, 4) is 0 Å². The molecule has 0 radical (unpaired) electrons. The number of carbonyl (C=O) groups excluding carboxylic acids is 7. The Bertz CT molecular complexity index is 1240. The maximum Gasteiger partial charge on any atom is 0.246 e. The van der Waals surface area contributed by atoms with E-state index in [4.69, 9.17) is 5.73 Å². The van der Waals surface area contributed by atoms with E-state index in [1.54, 1.807) is 14.7 Å². The van der Waals surface area contributed by atoms with Gasteiger partial charge in [0.1, 0.15) is 36.3 Å². The van der Waals surface area contributed by atoms with Gasteiger partial charge in [-0.05, 0) is 63.2 Å². The zero-order valence-corrected chi connectivity index (χ0v) is 28.5. The Morgan fingerprint density at radius 1 is 0.638 bits per heavy atom. The van der Waals surface area contributed by atoms with Gasteiger partial charge in [-0.1, -0.05) is 34.1 Å². The number of nitrogens with one attached hydrogen (secondary N) is 2. The molecule has 7 atom stereocenters. The fourth-order valence-electron chi connectivity index (χ4n) is 7.63. The van der Waals surface area contributed by atoms with Gasteiger partial charge in [0.05, 0.1) is 0 Å². The first kappa shape index (κ1) is 36.1. The van der Waals surface area contributed by atoms with E-state index >= 15 is 0 Å². The summed E-state index contributed by atoms with van der Waals surface area (Å²) < 4.78 is 0. The van der Waals surface area contributed by atoms with Crippen molar-refractivity contribution in [3.63, 3.8) is 0 Å². The van der Waals surface area contributed by atoms with E-state index in [2.05, 4.69) is 10.6 Å². The predicted molar refractivity (Wildman–Crippen MR) is 172 cm³/mol. The average molecular weight is 660 g/mol. The molecular formula is C33H53N7O7. The second-order valence-corrected chi connectivity index (χ2v) is 14.0. The van der Waals surface area contributed by atoms with E-state index in [-0.39, 0.29) is 41.4 Å². The van der Waals surface area contributed by atoms with E-state index in [9.17, 15) is 33.6 Å². The SMILES string of the molecule is CC[C@H](C)[C@H](NC(=O)[C@@H]1CCCN1C(=O)[C@@H]1CCCN1C(=O)[C@@H]1CCCN1C(=O)[C@@H]1CCCN1C(=O)[C@@H](NC(C)=O)C(C)C)C(N)=O. The molecule has 4 heterocycles. The lowest BCUT2D eigenvalue weighted by Gasteiger charge is -2.36. The third-order valence-electron chi connectivity index (χ3n) is 10.4. The van der Waals surface area contributed by atoms with Gasteiger partial charge in [0, 0.05) is 33.1 Å². The number of likely N-dealkylation sites (tertiary alicyclic amines) is 4. The molecule has 0 aromatic carbocycles. The molecule has 262 valence electrons. The highest BCUT2D eigenvalue weighted by Crippen LogP contribution is 2.31. The Hall–Kier alpha value is -3.71. The standard InChI is InChI=1S/C33H53N7O7/c1-6-20(4)27(28(34)42)36-29(43)22-11-7-15-37(22)30(44)23-12-8-16-38(23)31(45)24-13-9-17-39(24)32(46)25-14-10-18-40(25)33(47)26(19(2)3)35-21(5)41/h19-20,22-27H,6-18H2,1-5H3,(H2,34,42)(H,35,41)(H,36,43)/t20-,22-,23-,24-,25-,26-,27-/m0/s1. The van der Waals surface area contributed by atoms with Gasteiger partial charge in [-0.2, -0.15) is 0 Å². The summed E-state index contributed by atoms with van der Waals surface area (Å²) in [6, 6.07) is -4.55. The van der Waals surface area contributed by atoms with Crippen LogP contribution in [0.15, 0.2) is 0 Å². The van der Waals surface area contributed by atoms with E-state index in [0.29, 0.717) is 84.0 Å². The van der Waals surface area contributed by atoms with Crippen LogP contribution >= 0.6 is 0 Å². The minimum atomic E-state index is -0.840. The van der Waals surface area contributed by atoms with Crippen molar-refractivity contribution < 1.29 is 33.6 Å². The summed E-state index contributed by atoms with van der Waals surface area (Å²) in [5.74, 6) is -2.85. The fraction of sp³-hybridized carbons (Fsp3) is 0.788. The summed E-state index contributed by atoms with van der Waals surface area (Å²) in [7, 11) is 0. The van der Waals surface area contributed by atoms with Crippen LogP contribution in [0, 0.1) is 11.8 Å². The van der Waals surface area contributed by atoms with Crippen molar-refractivity contribution in [2.45, 2.75) is 129 Å². The van der Waals surface area contributed by atoms with Crippen LogP contribution in [-0.2, 0) is 33.6 Å². The molecule has 14 heteroatoms. The highest BCUT2D eigenvalue weighted by atomic mass is 16.2. The molecule has 0 aromatic heterocycles. The molecule has 47 heavy (non-hydrogen) atoms. The third kappa shape index (κ3) is 7.72. The second-order valence-electron chi connectivity index (χ2n) is 14.0. The van der Waals surface area contributed by atoms with Crippen LogP contribution in [0.3, 0.4) is 0 Å². The van der Waals surface area contributed by atoms with Gasteiger partial charge in [-0.3, -0.25) is 33.6 Å². The molecule has 4 rings (SSSR count). The smallest absolute Gasteiger partial charge is 0.246 e. The van der Waals surface area contributed by atoms with Gasteiger partial charge in [-0.15, -0.1) is 0 Å². The van der Waals surface area contributed by atoms with Gasteiger partial charge >= 0.3 is 0 Å². The van der Waals surface area contributed by atoms with Crippen LogP contribution in [-0.4, -0.2) is 123 Å². The van der Waals surface area contributed by atoms with Gasteiger partial charge in [0.15, 0.2) is 0 Å². The van der Waals surface area contributed by atoms with Crippen LogP contribution < -0.4 is 16.4 Å². The Morgan fingerprint density at radius 3 is 1.45 bits per heavy atom. The van der Waals surface area contributed by atoms with Crippen molar-refractivity contribution >= 4 is 41.4 Å². The molecule has 7 amide bonds. The molecule has 4 aliphatic heterocycles. The Labute approximate surface area is 277 Å².